The van der Waals surface area contributed by atoms with E-state index in [2.05, 4.69) is 11.7 Å². The van der Waals surface area contributed by atoms with Crippen LogP contribution in [0.25, 0.3) is 0 Å². The maximum atomic E-state index is 10.9. The van der Waals surface area contributed by atoms with E-state index >= 15 is 0 Å². The number of carbonyl (C=O) groups is 1. The highest BCUT2D eigenvalue weighted by Crippen LogP contribution is 2.38. The molecule has 0 unspecified atom stereocenters. The number of allylic oxidation sites excluding steroid dienone is 1. The molecule has 1 rings (SSSR count). The molecule has 1 aromatic rings. The third-order valence-electron chi connectivity index (χ3n) is 4.29. The van der Waals surface area contributed by atoms with Crippen molar-refractivity contribution < 1.29 is 23.7 Å². The molecule has 0 amide bonds. The Labute approximate surface area is 144 Å². The Balaban J connectivity index is 2.93. The Morgan fingerprint density at radius 2 is 1.54 bits per heavy atom. The summed E-state index contributed by atoms with van der Waals surface area (Å²) in [7, 11) is 4.69. The van der Waals surface area contributed by atoms with Crippen molar-refractivity contribution in [3.63, 3.8) is 0 Å². The average Bonchev–Trinajstić information content (AvgIpc) is 2.57. The van der Waals surface area contributed by atoms with Crippen molar-refractivity contribution in [2.45, 2.75) is 40.5 Å². The van der Waals surface area contributed by atoms with Gasteiger partial charge in [-0.25, -0.2) is 4.79 Å². The molecule has 24 heavy (non-hydrogen) atoms. The van der Waals surface area contributed by atoms with Crippen LogP contribution in [0.3, 0.4) is 0 Å². The minimum Gasteiger partial charge on any atom is -0.496 e. The summed E-state index contributed by atoms with van der Waals surface area (Å²) in [5.41, 5.74) is 5.60. The topological polar surface area (TPSA) is 54.0 Å². The number of hydrogen-bond acceptors (Lipinski definition) is 5. The van der Waals surface area contributed by atoms with E-state index in [0.717, 1.165) is 52.2 Å². The molecule has 0 radical (unpaired) electrons. The Bertz CT molecular complexity index is 617. The molecule has 5 heteroatoms. The van der Waals surface area contributed by atoms with Crippen LogP contribution in [0.15, 0.2) is 11.6 Å². The summed E-state index contributed by atoms with van der Waals surface area (Å²) in [6.07, 6.45) is 2.88. The van der Waals surface area contributed by atoms with Gasteiger partial charge in [-0.2, -0.15) is 0 Å². The SMILES string of the molecule is COC(=O)OCC=C(C)CCc1c(C)c(OC)c(C)c(C)c1OC. The average molecular weight is 336 g/mol. The molecule has 134 valence electrons. The van der Waals surface area contributed by atoms with Crippen molar-refractivity contribution in [3.05, 3.63) is 33.9 Å². The molecule has 0 saturated heterocycles. The summed E-state index contributed by atoms with van der Waals surface area (Å²) >= 11 is 0. The van der Waals surface area contributed by atoms with Crippen molar-refractivity contribution in [1.82, 2.24) is 0 Å². The molecule has 0 atom stereocenters. The molecule has 0 bridgehead atoms. The highest BCUT2D eigenvalue weighted by Gasteiger charge is 2.18. The summed E-state index contributed by atoms with van der Waals surface area (Å²) < 4.78 is 20.5. The fourth-order valence-electron chi connectivity index (χ4n) is 2.77. The third-order valence-corrected chi connectivity index (χ3v) is 4.29. The van der Waals surface area contributed by atoms with E-state index in [-0.39, 0.29) is 6.61 Å². The molecule has 0 saturated carbocycles. The van der Waals surface area contributed by atoms with E-state index in [1.165, 1.54) is 7.11 Å². The van der Waals surface area contributed by atoms with Gasteiger partial charge in [0.1, 0.15) is 18.1 Å². The first-order valence-corrected chi connectivity index (χ1v) is 7.94. The second kappa shape index (κ2) is 9.21. The predicted octanol–water partition coefficient (Wildman–Crippen LogP) is 4.29. The van der Waals surface area contributed by atoms with Gasteiger partial charge in [0.05, 0.1) is 21.3 Å². The lowest BCUT2D eigenvalue weighted by molar-refractivity contribution is 0.0816. The van der Waals surface area contributed by atoms with Crippen LogP contribution in [0.4, 0.5) is 4.79 Å². The molecule has 0 aliphatic carbocycles. The standard InChI is InChI=1S/C19H28O5/c1-12(10-11-24-19(20)23-7)8-9-16-15(4)17(21-5)13(2)14(3)18(16)22-6/h10H,8-9,11H2,1-7H3. The van der Waals surface area contributed by atoms with Gasteiger partial charge >= 0.3 is 6.16 Å². The Kier molecular flexibility index (Phi) is 7.62. The lowest BCUT2D eigenvalue weighted by Crippen LogP contribution is -2.05. The molecule has 0 heterocycles. The third kappa shape index (κ3) is 4.66. The second-order valence-corrected chi connectivity index (χ2v) is 5.74. The van der Waals surface area contributed by atoms with Crippen molar-refractivity contribution in [1.29, 1.82) is 0 Å². The van der Waals surface area contributed by atoms with Gasteiger partial charge in [0.15, 0.2) is 0 Å². The highest BCUT2D eigenvalue weighted by atomic mass is 16.7. The zero-order valence-electron chi connectivity index (χ0n) is 15.7. The summed E-state index contributed by atoms with van der Waals surface area (Å²) in [5.74, 6) is 1.84. The van der Waals surface area contributed by atoms with E-state index in [0.29, 0.717) is 0 Å². The molecular weight excluding hydrogens is 308 g/mol. The normalized spacial score (nSPS) is 11.2. The maximum Gasteiger partial charge on any atom is 0.508 e. The minimum atomic E-state index is -0.671. The Morgan fingerprint density at radius 1 is 0.958 bits per heavy atom. The van der Waals surface area contributed by atoms with Gasteiger partial charge in [0.2, 0.25) is 0 Å². The molecule has 0 aliphatic heterocycles. The number of carbonyl (C=O) groups excluding carboxylic acids is 1. The predicted molar refractivity (Wildman–Crippen MR) is 94.2 cm³/mol. The van der Waals surface area contributed by atoms with Gasteiger partial charge in [-0.05, 0) is 63.3 Å². The van der Waals surface area contributed by atoms with Crippen molar-refractivity contribution in [3.8, 4) is 11.5 Å². The van der Waals surface area contributed by atoms with Gasteiger partial charge in [0.25, 0.3) is 0 Å². The van der Waals surface area contributed by atoms with E-state index in [1.807, 2.05) is 26.8 Å². The van der Waals surface area contributed by atoms with E-state index in [9.17, 15) is 4.79 Å². The van der Waals surface area contributed by atoms with Crippen LogP contribution in [-0.4, -0.2) is 34.1 Å². The van der Waals surface area contributed by atoms with E-state index in [4.69, 9.17) is 14.2 Å². The van der Waals surface area contributed by atoms with Crippen LogP contribution < -0.4 is 9.47 Å². The van der Waals surface area contributed by atoms with Gasteiger partial charge in [0, 0.05) is 5.56 Å². The summed E-state index contributed by atoms with van der Waals surface area (Å²) in [5, 5.41) is 0. The molecule has 0 fully saturated rings. The van der Waals surface area contributed by atoms with Crippen LogP contribution in [-0.2, 0) is 15.9 Å². The number of rotatable bonds is 7. The van der Waals surface area contributed by atoms with Crippen LogP contribution in [0, 0.1) is 20.8 Å². The van der Waals surface area contributed by atoms with Gasteiger partial charge in [-0.15, -0.1) is 0 Å². The Hall–Kier alpha value is -2.17. The summed E-state index contributed by atoms with van der Waals surface area (Å²) in [6.45, 7) is 8.38. The fraction of sp³-hybridized carbons (Fsp3) is 0.526. The number of methoxy groups -OCH3 is 3. The molecule has 0 aliphatic rings. The summed E-state index contributed by atoms with van der Waals surface area (Å²) in [6, 6.07) is 0. The zero-order valence-corrected chi connectivity index (χ0v) is 15.7. The van der Waals surface area contributed by atoms with Crippen molar-refractivity contribution in [2.24, 2.45) is 0 Å². The first-order valence-electron chi connectivity index (χ1n) is 7.94. The second-order valence-electron chi connectivity index (χ2n) is 5.74. The molecule has 0 N–H and O–H groups in total. The van der Waals surface area contributed by atoms with Crippen molar-refractivity contribution in [2.75, 3.05) is 27.9 Å². The molecular formula is C19H28O5. The first kappa shape index (κ1) is 19.9. The van der Waals surface area contributed by atoms with E-state index < -0.39 is 6.16 Å². The van der Waals surface area contributed by atoms with Gasteiger partial charge < -0.3 is 18.9 Å². The number of hydrogen-bond donors (Lipinski definition) is 0. The minimum absolute atomic E-state index is 0.213. The van der Waals surface area contributed by atoms with Crippen molar-refractivity contribution >= 4 is 6.16 Å². The smallest absolute Gasteiger partial charge is 0.496 e. The highest BCUT2D eigenvalue weighted by molar-refractivity contribution is 5.59. The lowest BCUT2D eigenvalue weighted by atomic mass is 9.93. The first-order chi connectivity index (χ1) is 11.4. The monoisotopic (exact) mass is 336 g/mol. The van der Waals surface area contributed by atoms with Gasteiger partial charge in [-0.3, -0.25) is 0 Å². The molecule has 0 aromatic heterocycles. The van der Waals surface area contributed by atoms with Crippen LogP contribution in [0.5, 0.6) is 11.5 Å². The Morgan fingerprint density at radius 3 is 2.08 bits per heavy atom. The largest absolute Gasteiger partial charge is 0.508 e. The van der Waals surface area contributed by atoms with Crippen LogP contribution >= 0.6 is 0 Å². The molecule has 5 nitrogen and oxygen atoms in total. The van der Waals surface area contributed by atoms with Gasteiger partial charge in [-0.1, -0.05) is 5.57 Å². The van der Waals surface area contributed by atoms with E-state index in [1.54, 1.807) is 14.2 Å². The van der Waals surface area contributed by atoms with Crippen LogP contribution in [0.1, 0.15) is 35.6 Å². The number of ether oxygens (including phenoxy) is 4. The summed E-state index contributed by atoms with van der Waals surface area (Å²) in [4.78, 5) is 10.9. The van der Waals surface area contributed by atoms with Crippen LogP contribution in [0.2, 0.25) is 0 Å². The lowest BCUT2D eigenvalue weighted by Gasteiger charge is -2.20. The molecule has 0 spiro atoms. The fourth-order valence-corrected chi connectivity index (χ4v) is 2.77. The maximum absolute atomic E-state index is 10.9. The quantitative estimate of drug-likeness (QED) is 0.549. The number of benzene rings is 1. The zero-order chi connectivity index (χ0) is 18.3. The molecule has 1 aromatic carbocycles.